The molecule has 0 aliphatic heterocycles. The van der Waals surface area contributed by atoms with Crippen molar-refractivity contribution in [2.45, 2.75) is 22.5 Å². The molecule has 9 heteroatoms. The van der Waals surface area contributed by atoms with Crippen molar-refractivity contribution in [3.05, 3.63) is 118 Å². The lowest BCUT2D eigenvalue weighted by Gasteiger charge is -2.25. The van der Waals surface area contributed by atoms with Gasteiger partial charge in [-0.3, -0.25) is 9.10 Å². The van der Waals surface area contributed by atoms with E-state index < -0.39 is 22.5 Å². The van der Waals surface area contributed by atoms with Gasteiger partial charge in [-0.2, -0.15) is 0 Å². The maximum Gasteiger partial charge on any atom is 0.264 e. The number of carbonyl (C=O) groups excluding carboxylic acids is 1. The molecule has 0 aliphatic carbocycles. The summed E-state index contributed by atoms with van der Waals surface area (Å²) in [6, 6.07) is 28.3. The summed E-state index contributed by atoms with van der Waals surface area (Å²) in [4.78, 5) is 14.3. The first kappa shape index (κ1) is 27.1. The van der Waals surface area contributed by atoms with Crippen molar-refractivity contribution in [2.24, 2.45) is 0 Å². The third-order valence-electron chi connectivity index (χ3n) is 5.51. The van der Waals surface area contributed by atoms with Gasteiger partial charge in [0.2, 0.25) is 5.91 Å². The molecule has 5 nitrogen and oxygen atoms in total. The molecule has 37 heavy (non-hydrogen) atoms. The first-order chi connectivity index (χ1) is 17.7. The Bertz CT molecular complexity index is 1500. The van der Waals surface area contributed by atoms with Crippen LogP contribution in [0.25, 0.3) is 0 Å². The number of rotatable bonds is 9. The lowest BCUT2D eigenvalue weighted by molar-refractivity contribution is -0.114. The Morgan fingerprint density at radius 2 is 1.57 bits per heavy atom. The van der Waals surface area contributed by atoms with Gasteiger partial charge in [0.1, 0.15) is 6.54 Å². The van der Waals surface area contributed by atoms with Gasteiger partial charge in [0.15, 0.2) is 0 Å². The van der Waals surface area contributed by atoms with Gasteiger partial charge in [0, 0.05) is 21.4 Å². The molecule has 0 bridgehead atoms. The highest BCUT2D eigenvalue weighted by Crippen LogP contribution is 2.33. The van der Waals surface area contributed by atoms with Crippen molar-refractivity contribution < 1.29 is 13.2 Å². The van der Waals surface area contributed by atoms with Crippen LogP contribution in [-0.2, 0) is 20.6 Å². The SMILES string of the molecule is Cc1cc(CSc2ccccc2)ccc1NC(=O)CN(c1cc(Cl)ccc1Cl)S(=O)(=O)c1ccccc1. The minimum Gasteiger partial charge on any atom is -0.324 e. The Morgan fingerprint density at radius 3 is 2.24 bits per heavy atom. The van der Waals surface area contributed by atoms with Gasteiger partial charge in [-0.05, 0) is 66.6 Å². The molecule has 0 unspecified atom stereocenters. The van der Waals surface area contributed by atoms with Crippen LogP contribution in [0.5, 0.6) is 0 Å². The second-order valence-corrected chi connectivity index (χ2v) is 12.0. The average molecular weight is 572 g/mol. The molecule has 4 aromatic rings. The summed E-state index contributed by atoms with van der Waals surface area (Å²) >= 11 is 14.2. The number of halogens is 2. The molecule has 0 heterocycles. The van der Waals surface area contributed by atoms with Crippen LogP contribution in [0.2, 0.25) is 10.0 Å². The third-order valence-corrected chi connectivity index (χ3v) is 8.92. The average Bonchev–Trinajstić information content (AvgIpc) is 2.90. The monoisotopic (exact) mass is 570 g/mol. The van der Waals surface area contributed by atoms with Crippen LogP contribution < -0.4 is 9.62 Å². The summed E-state index contributed by atoms with van der Waals surface area (Å²) in [5.74, 6) is 0.278. The summed E-state index contributed by atoms with van der Waals surface area (Å²) in [6.45, 7) is 1.42. The van der Waals surface area contributed by atoms with Crippen molar-refractivity contribution in [1.82, 2.24) is 0 Å². The Balaban J connectivity index is 1.54. The van der Waals surface area contributed by atoms with E-state index in [1.54, 1.807) is 36.0 Å². The molecular weight excluding hydrogens is 547 g/mol. The van der Waals surface area contributed by atoms with Crippen LogP contribution >= 0.6 is 35.0 Å². The predicted molar refractivity (Wildman–Crippen MR) is 153 cm³/mol. The topological polar surface area (TPSA) is 66.5 Å². The third kappa shape index (κ3) is 6.87. The van der Waals surface area contributed by atoms with Gasteiger partial charge in [0.05, 0.1) is 15.6 Å². The Morgan fingerprint density at radius 1 is 0.892 bits per heavy atom. The molecule has 0 saturated heterocycles. The van der Waals surface area contributed by atoms with E-state index in [4.69, 9.17) is 23.2 Å². The fourth-order valence-electron chi connectivity index (χ4n) is 3.66. The normalized spacial score (nSPS) is 11.2. The van der Waals surface area contributed by atoms with Gasteiger partial charge in [-0.15, -0.1) is 11.8 Å². The first-order valence-corrected chi connectivity index (χ1v) is 14.5. The molecular formula is C28H24Cl2N2O3S2. The molecule has 0 radical (unpaired) electrons. The van der Waals surface area contributed by atoms with Crippen molar-refractivity contribution in [2.75, 3.05) is 16.2 Å². The summed E-state index contributed by atoms with van der Waals surface area (Å²) in [5, 5.41) is 3.30. The molecule has 0 spiro atoms. The van der Waals surface area contributed by atoms with Gasteiger partial charge in [-0.25, -0.2) is 8.42 Å². The molecule has 1 amide bonds. The molecule has 0 saturated carbocycles. The molecule has 0 aliphatic rings. The van der Waals surface area contributed by atoms with Crippen LogP contribution in [0.15, 0.2) is 107 Å². The largest absolute Gasteiger partial charge is 0.324 e. The number of anilines is 2. The van der Waals surface area contributed by atoms with E-state index >= 15 is 0 Å². The van der Waals surface area contributed by atoms with Crippen LogP contribution in [0, 0.1) is 6.92 Å². The fourth-order valence-corrected chi connectivity index (χ4v) is 6.41. The standard InChI is InChI=1S/C28H24Cl2N2O3S2/c1-20-16-21(19-36-23-8-4-2-5-9-23)12-15-26(20)31-28(33)18-32(27-17-22(29)13-14-25(27)30)37(34,35)24-10-6-3-7-11-24/h2-17H,18-19H2,1H3,(H,31,33). The van der Waals surface area contributed by atoms with Gasteiger partial charge >= 0.3 is 0 Å². The van der Waals surface area contributed by atoms with E-state index in [9.17, 15) is 13.2 Å². The van der Waals surface area contributed by atoms with Gasteiger partial charge < -0.3 is 5.32 Å². The van der Waals surface area contributed by atoms with Crippen LogP contribution in [0.1, 0.15) is 11.1 Å². The van der Waals surface area contributed by atoms with Crippen molar-refractivity contribution in [1.29, 1.82) is 0 Å². The van der Waals surface area contributed by atoms with Crippen molar-refractivity contribution in [3.63, 3.8) is 0 Å². The van der Waals surface area contributed by atoms with Gasteiger partial charge in [0.25, 0.3) is 10.0 Å². The number of carbonyl (C=O) groups is 1. The molecule has 4 aromatic carbocycles. The van der Waals surface area contributed by atoms with Crippen LogP contribution in [0.4, 0.5) is 11.4 Å². The lowest BCUT2D eigenvalue weighted by Crippen LogP contribution is -2.38. The summed E-state index contributed by atoms with van der Waals surface area (Å²) in [7, 11) is -4.10. The van der Waals surface area contributed by atoms with Crippen LogP contribution in [-0.4, -0.2) is 20.9 Å². The van der Waals surface area contributed by atoms with E-state index in [0.29, 0.717) is 10.7 Å². The number of nitrogens with zero attached hydrogens (tertiary/aromatic N) is 1. The Hall–Kier alpha value is -2.97. The number of nitrogens with one attached hydrogen (secondary N) is 1. The number of hydrogen-bond donors (Lipinski definition) is 1. The molecule has 0 aromatic heterocycles. The summed E-state index contributed by atoms with van der Waals surface area (Å²) in [5.41, 5.74) is 2.71. The van der Waals surface area contributed by atoms with E-state index in [0.717, 1.165) is 21.2 Å². The quantitative estimate of drug-likeness (QED) is 0.212. The number of sulfonamides is 1. The predicted octanol–water partition coefficient (Wildman–Crippen LogP) is 7.43. The maximum atomic E-state index is 13.5. The van der Waals surface area contributed by atoms with E-state index in [2.05, 4.69) is 17.4 Å². The lowest BCUT2D eigenvalue weighted by atomic mass is 10.1. The van der Waals surface area contributed by atoms with E-state index in [-0.39, 0.29) is 15.6 Å². The molecule has 190 valence electrons. The minimum absolute atomic E-state index is 0.0373. The summed E-state index contributed by atoms with van der Waals surface area (Å²) < 4.78 is 28.0. The highest BCUT2D eigenvalue weighted by molar-refractivity contribution is 7.98. The number of hydrogen-bond acceptors (Lipinski definition) is 4. The molecule has 4 rings (SSSR count). The Kier molecular flexibility index (Phi) is 8.82. The first-order valence-electron chi connectivity index (χ1n) is 11.3. The zero-order chi connectivity index (χ0) is 26.4. The zero-order valence-electron chi connectivity index (χ0n) is 19.9. The highest BCUT2D eigenvalue weighted by atomic mass is 35.5. The molecule has 1 N–H and O–H groups in total. The number of aryl methyl sites for hydroxylation is 1. The molecule has 0 atom stereocenters. The summed E-state index contributed by atoms with van der Waals surface area (Å²) in [6.07, 6.45) is 0. The van der Waals surface area contributed by atoms with E-state index in [1.807, 2.05) is 43.3 Å². The maximum absolute atomic E-state index is 13.5. The van der Waals surface area contributed by atoms with Crippen molar-refractivity contribution in [3.8, 4) is 0 Å². The second-order valence-electron chi connectivity index (χ2n) is 8.22. The highest BCUT2D eigenvalue weighted by Gasteiger charge is 2.29. The fraction of sp³-hybridized carbons (Fsp3) is 0.107. The smallest absolute Gasteiger partial charge is 0.264 e. The number of benzene rings is 4. The number of amides is 1. The Labute approximate surface area is 231 Å². The van der Waals surface area contributed by atoms with Crippen LogP contribution in [0.3, 0.4) is 0 Å². The van der Waals surface area contributed by atoms with E-state index in [1.165, 1.54) is 29.2 Å². The molecule has 0 fully saturated rings. The second kappa shape index (κ2) is 12.0. The minimum atomic E-state index is -4.10. The van der Waals surface area contributed by atoms with Gasteiger partial charge in [-0.1, -0.05) is 71.7 Å². The number of thioether (sulfide) groups is 1. The zero-order valence-corrected chi connectivity index (χ0v) is 23.0. The van der Waals surface area contributed by atoms with Crippen molar-refractivity contribution >= 4 is 62.3 Å².